The molecule has 3 aromatic rings. The summed E-state index contributed by atoms with van der Waals surface area (Å²) in [4.78, 5) is 16.4. The van der Waals surface area contributed by atoms with Crippen LogP contribution in [0, 0.1) is 0 Å². The van der Waals surface area contributed by atoms with Crippen molar-refractivity contribution in [2.75, 3.05) is 26.3 Å². The maximum Gasteiger partial charge on any atom is 0.229 e. The first kappa shape index (κ1) is 18.3. The molecule has 1 saturated heterocycles. The van der Waals surface area contributed by atoms with Crippen molar-refractivity contribution in [3.8, 4) is 0 Å². The normalized spacial score (nSPS) is 15.7. The second kappa shape index (κ2) is 8.33. The molecule has 0 radical (unpaired) electrons. The highest BCUT2D eigenvalue weighted by molar-refractivity contribution is 7.98. The van der Waals surface area contributed by atoms with Crippen LogP contribution in [-0.2, 0) is 17.0 Å². The predicted octanol–water partition coefficient (Wildman–Crippen LogP) is 3.26. The number of para-hydroxylation sites is 1. The quantitative estimate of drug-likeness (QED) is 0.473. The van der Waals surface area contributed by atoms with Gasteiger partial charge in [0, 0.05) is 24.4 Å². The Kier molecular flexibility index (Phi) is 5.66. The average molecular weight is 385 g/mol. The fraction of sp³-hybridized carbons (Fsp3) is 0.474. The average Bonchev–Trinajstić information content (AvgIpc) is 3.16. The first-order valence-corrected chi connectivity index (χ1v) is 10.2. The van der Waals surface area contributed by atoms with Crippen LogP contribution in [0.3, 0.4) is 0 Å². The molecule has 0 aliphatic carbocycles. The minimum Gasteiger partial charge on any atom is -0.379 e. The van der Waals surface area contributed by atoms with E-state index in [1.807, 2.05) is 32.0 Å². The van der Waals surface area contributed by atoms with Crippen LogP contribution < -0.4 is 0 Å². The number of ether oxygens (including phenoxy) is 1. The van der Waals surface area contributed by atoms with Gasteiger partial charge >= 0.3 is 0 Å². The van der Waals surface area contributed by atoms with Gasteiger partial charge in [-0.15, -0.1) is 0 Å². The molecular weight excluding hydrogens is 362 g/mol. The summed E-state index contributed by atoms with van der Waals surface area (Å²) < 4.78 is 10.7. The third kappa shape index (κ3) is 4.45. The van der Waals surface area contributed by atoms with Gasteiger partial charge in [0.05, 0.1) is 31.0 Å². The first-order chi connectivity index (χ1) is 13.2. The zero-order chi connectivity index (χ0) is 18.6. The van der Waals surface area contributed by atoms with Crippen molar-refractivity contribution in [3.05, 3.63) is 41.8 Å². The van der Waals surface area contributed by atoms with Crippen molar-refractivity contribution >= 4 is 22.7 Å². The number of aromatic nitrogens is 4. The van der Waals surface area contributed by atoms with Gasteiger partial charge in [0.2, 0.25) is 5.89 Å². The predicted molar refractivity (Wildman–Crippen MR) is 104 cm³/mol. The second-order valence-corrected chi connectivity index (χ2v) is 7.81. The van der Waals surface area contributed by atoms with E-state index in [4.69, 9.17) is 19.2 Å². The molecule has 8 heteroatoms. The molecule has 0 bridgehead atoms. The van der Waals surface area contributed by atoms with Gasteiger partial charge in [-0.05, 0) is 6.07 Å². The van der Waals surface area contributed by atoms with Crippen LogP contribution >= 0.6 is 11.8 Å². The molecule has 0 unspecified atom stereocenters. The minimum atomic E-state index is 0.233. The summed E-state index contributed by atoms with van der Waals surface area (Å²) >= 11 is 1.62. The Morgan fingerprint density at radius 3 is 2.67 bits per heavy atom. The fourth-order valence-corrected chi connectivity index (χ4v) is 3.81. The smallest absolute Gasteiger partial charge is 0.229 e. The molecule has 0 amide bonds. The van der Waals surface area contributed by atoms with Gasteiger partial charge < -0.3 is 9.26 Å². The Morgan fingerprint density at radius 1 is 1.07 bits per heavy atom. The molecule has 3 heterocycles. The van der Waals surface area contributed by atoms with E-state index in [1.165, 1.54) is 0 Å². The van der Waals surface area contributed by atoms with Gasteiger partial charge in [-0.2, -0.15) is 4.98 Å². The Morgan fingerprint density at radius 2 is 1.89 bits per heavy atom. The maximum absolute atomic E-state index is 5.43. The summed E-state index contributed by atoms with van der Waals surface area (Å²) in [5.41, 5.74) is 0.967. The molecule has 0 spiro atoms. The van der Waals surface area contributed by atoms with Crippen LogP contribution in [0.1, 0.15) is 37.3 Å². The molecule has 1 aliphatic heterocycles. The Labute approximate surface area is 162 Å². The third-order valence-electron chi connectivity index (χ3n) is 4.40. The molecule has 0 atom stereocenters. The number of hydrogen-bond acceptors (Lipinski definition) is 8. The Bertz CT molecular complexity index is 908. The van der Waals surface area contributed by atoms with Crippen LogP contribution in [0.2, 0.25) is 0 Å². The van der Waals surface area contributed by atoms with Crippen molar-refractivity contribution in [2.24, 2.45) is 0 Å². The molecule has 0 saturated carbocycles. The summed E-state index contributed by atoms with van der Waals surface area (Å²) in [5, 5.41) is 6.09. The van der Waals surface area contributed by atoms with E-state index in [0.29, 0.717) is 17.5 Å². The lowest BCUT2D eigenvalue weighted by Crippen LogP contribution is -2.36. The summed E-state index contributed by atoms with van der Waals surface area (Å²) in [6.07, 6.45) is 0. The molecular formula is C19H23N5O2S. The van der Waals surface area contributed by atoms with Gasteiger partial charge in [0.25, 0.3) is 0 Å². The van der Waals surface area contributed by atoms with Gasteiger partial charge in [-0.25, -0.2) is 9.97 Å². The van der Waals surface area contributed by atoms with Crippen molar-refractivity contribution in [1.29, 1.82) is 0 Å². The summed E-state index contributed by atoms with van der Waals surface area (Å²) in [7, 11) is 0. The monoisotopic (exact) mass is 385 g/mol. The van der Waals surface area contributed by atoms with Crippen molar-refractivity contribution < 1.29 is 9.26 Å². The van der Waals surface area contributed by atoms with Gasteiger partial charge in [0.1, 0.15) is 10.9 Å². The molecule has 27 heavy (non-hydrogen) atoms. The van der Waals surface area contributed by atoms with E-state index >= 15 is 0 Å². The molecule has 0 N–H and O–H groups in total. The van der Waals surface area contributed by atoms with E-state index in [-0.39, 0.29) is 5.92 Å². The lowest BCUT2D eigenvalue weighted by atomic mass is 10.2. The lowest BCUT2D eigenvalue weighted by Gasteiger charge is -2.25. The highest BCUT2D eigenvalue weighted by atomic mass is 32.2. The lowest BCUT2D eigenvalue weighted by molar-refractivity contribution is 0.0330. The molecule has 4 rings (SSSR count). The SMILES string of the molecule is CC(C)c1nc(CSc2nc(CN3CCOCC3)nc3ccccc23)no1. The topological polar surface area (TPSA) is 77.2 Å². The molecule has 1 aliphatic rings. The van der Waals surface area contributed by atoms with Gasteiger partial charge in [0.15, 0.2) is 5.82 Å². The van der Waals surface area contributed by atoms with Gasteiger partial charge in [-0.3, -0.25) is 4.90 Å². The van der Waals surface area contributed by atoms with E-state index < -0.39 is 0 Å². The number of fused-ring (bicyclic) bond motifs is 1. The fourth-order valence-electron chi connectivity index (χ4n) is 2.93. The summed E-state index contributed by atoms with van der Waals surface area (Å²) in [5.74, 6) is 3.06. The van der Waals surface area contributed by atoms with Crippen molar-refractivity contribution in [2.45, 2.75) is 37.1 Å². The first-order valence-electron chi connectivity index (χ1n) is 9.20. The van der Waals surface area contributed by atoms with Crippen LogP contribution in [0.5, 0.6) is 0 Å². The number of rotatable bonds is 6. The minimum absolute atomic E-state index is 0.233. The summed E-state index contributed by atoms with van der Waals surface area (Å²) in [6, 6.07) is 8.13. The van der Waals surface area contributed by atoms with E-state index in [9.17, 15) is 0 Å². The number of nitrogens with zero attached hydrogens (tertiary/aromatic N) is 5. The number of thioether (sulfide) groups is 1. The Balaban J connectivity index is 1.55. The third-order valence-corrected chi connectivity index (χ3v) is 5.39. The molecule has 1 aromatic carbocycles. The van der Waals surface area contributed by atoms with E-state index in [2.05, 4.69) is 21.1 Å². The van der Waals surface area contributed by atoms with E-state index in [0.717, 1.165) is 54.6 Å². The second-order valence-electron chi connectivity index (χ2n) is 6.84. The standard InChI is InChI=1S/C19H23N5O2S/c1-13(2)18-21-17(23-26-18)12-27-19-14-5-3-4-6-15(14)20-16(22-19)11-24-7-9-25-10-8-24/h3-6,13H,7-12H2,1-2H3. The largest absolute Gasteiger partial charge is 0.379 e. The zero-order valence-corrected chi connectivity index (χ0v) is 16.4. The Hall–Kier alpha value is -2.03. The number of morpholine rings is 1. The highest BCUT2D eigenvalue weighted by Crippen LogP contribution is 2.28. The van der Waals surface area contributed by atoms with Crippen LogP contribution in [0.25, 0.3) is 10.9 Å². The maximum atomic E-state index is 5.43. The number of benzene rings is 1. The summed E-state index contributed by atoms with van der Waals surface area (Å²) in [6.45, 7) is 8.19. The molecule has 2 aromatic heterocycles. The number of hydrogen-bond donors (Lipinski definition) is 0. The highest BCUT2D eigenvalue weighted by Gasteiger charge is 2.16. The molecule has 142 valence electrons. The van der Waals surface area contributed by atoms with Gasteiger partial charge in [-0.1, -0.05) is 49.0 Å². The van der Waals surface area contributed by atoms with Crippen LogP contribution in [0.4, 0.5) is 0 Å². The van der Waals surface area contributed by atoms with E-state index in [1.54, 1.807) is 11.8 Å². The van der Waals surface area contributed by atoms with Crippen molar-refractivity contribution in [1.82, 2.24) is 25.0 Å². The molecule has 1 fully saturated rings. The molecule has 7 nitrogen and oxygen atoms in total. The van der Waals surface area contributed by atoms with Crippen LogP contribution in [0.15, 0.2) is 33.8 Å². The van der Waals surface area contributed by atoms with Crippen LogP contribution in [-0.4, -0.2) is 51.3 Å². The zero-order valence-electron chi connectivity index (χ0n) is 15.6. The van der Waals surface area contributed by atoms with Crippen molar-refractivity contribution in [3.63, 3.8) is 0 Å².